The van der Waals surface area contributed by atoms with E-state index < -0.39 is 17.4 Å². The first kappa shape index (κ1) is 28.1. The molecule has 0 aliphatic carbocycles. The molecule has 2 atom stereocenters. The molecule has 2 unspecified atom stereocenters. The molecule has 30 heavy (non-hydrogen) atoms. The Morgan fingerprint density at radius 3 is 2.20 bits per heavy atom. The first-order valence-electron chi connectivity index (χ1n) is 11.1. The van der Waals surface area contributed by atoms with E-state index in [4.69, 9.17) is 5.11 Å². The van der Waals surface area contributed by atoms with Crippen LogP contribution in [0, 0.1) is 5.41 Å². The molecular weight excluding hydrogens is 382 g/mol. The van der Waals surface area contributed by atoms with E-state index >= 15 is 0 Å². The SMILES string of the molecule is C/C(=C\CNC(=O)C(NC(=O)C1CCCCN1C(C)C)C(C)(C)C)C(=O)O.CCC. The second kappa shape index (κ2) is 13.4. The molecular formula is C23H43N3O4. The number of aliphatic carboxylic acids is 1. The fraction of sp³-hybridized carbons (Fsp3) is 0.783. The minimum absolute atomic E-state index is 0.112. The summed E-state index contributed by atoms with van der Waals surface area (Å²) in [5.41, 5.74) is -0.302. The molecule has 0 saturated carbocycles. The van der Waals surface area contributed by atoms with Crippen molar-refractivity contribution in [2.45, 2.75) is 99.2 Å². The molecule has 0 aromatic carbocycles. The van der Waals surface area contributed by atoms with Crippen molar-refractivity contribution in [1.82, 2.24) is 15.5 Å². The number of carboxylic acids is 1. The van der Waals surface area contributed by atoms with E-state index in [0.717, 1.165) is 25.8 Å². The maximum Gasteiger partial charge on any atom is 0.331 e. The predicted molar refractivity (Wildman–Crippen MR) is 121 cm³/mol. The van der Waals surface area contributed by atoms with Crippen LogP contribution in [0.3, 0.4) is 0 Å². The van der Waals surface area contributed by atoms with Gasteiger partial charge in [0, 0.05) is 18.2 Å². The number of carbonyl (C=O) groups is 3. The Morgan fingerprint density at radius 2 is 1.73 bits per heavy atom. The molecule has 1 rings (SSSR count). The molecule has 1 fully saturated rings. The average molecular weight is 426 g/mol. The zero-order valence-electron chi connectivity index (χ0n) is 20.2. The second-order valence-electron chi connectivity index (χ2n) is 9.30. The summed E-state index contributed by atoms with van der Waals surface area (Å²) >= 11 is 0. The largest absolute Gasteiger partial charge is 0.478 e. The van der Waals surface area contributed by atoms with Gasteiger partial charge in [0.15, 0.2) is 0 Å². The van der Waals surface area contributed by atoms with Crippen molar-refractivity contribution >= 4 is 17.8 Å². The van der Waals surface area contributed by atoms with Gasteiger partial charge in [0.2, 0.25) is 11.8 Å². The van der Waals surface area contributed by atoms with Gasteiger partial charge in [-0.3, -0.25) is 14.5 Å². The lowest BCUT2D eigenvalue weighted by molar-refractivity contribution is -0.135. The lowest BCUT2D eigenvalue weighted by atomic mass is 9.85. The highest BCUT2D eigenvalue weighted by Crippen LogP contribution is 2.23. The fourth-order valence-electron chi connectivity index (χ4n) is 3.26. The quantitative estimate of drug-likeness (QED) is 0.543. The van der Waals surface area contributed by atoms with Gasteiger partial charge in [-0.15, -0.1) is 0 Å². The zero-order valence-corrected chi connectivity index (χ0v) is 20.2. The molecule has 0 bridgehead atoms. The fourth-order valence-corrected chi connectivity index (χ4v) is 3.26. The Kier molecular flexibility index (Phi) is 12.6. The van der Waals surface area contributed by atoms with Crippen LogP contribution in [0.25, 0.3) is 0 Å². The van der Waals surface area contributed by atoms with Gasteiger partial charge in [-0.05, 0) is 45.6 Å². The van der Waals surface area contributed by atoms with Crippen molar-refractivity contribution < 1.29 is 19.5 Å². The number of carboxylic acid groups (broad SMARTS) is 1. The standard InChI is InChI=1S/C20H35N3O4.C3H8/c1-13(2)23-12-8-7-9-15(23)17(24)22-16(20(4,5)6)18(25)21-11-10-14(3)19(26)27;1-3-2/h10,13,15-16H,7-9,11-12H2,1-6H3,(H,21,25)(H,22,24)(H,26,27);3H2,1-2H3/b14-10+;. The maximum atomic E-state index is 12.9. The van der Waals surface area contributed by atoms with Crippen molar-refractivity contribution in [1.29, 1.82) is 0 Å². The highest BCUT2D eigenvalue weighted by atomic mass is 16.4. The molecule has 7 heteroatoms. The van der Waals surface area contributed by atoms with Crippen molar-refractivity contribution in [3.63, 3.8) is 0 Å². The summed E-state index contributed by atoms with van der Waals surface area (Å²) in [6.07, 6.45) is 5.58. The van der Waals surface area contributed by atoms with E-state index in [9.17, 15) is 14.4 Å². The number of nitrogens with one attached hydrogen (secondary N) is 2. The summed E-state index contributed by atoms with van der Waals surface area (Å²) in [6.45, 7) is 16.6. The van der Waals surface area contributed by atoms with Gasteiger partial charge in [0.05, 0.1) is 6.04 Å². The summed E-state index contributed by atoms with van der Waals surface area (Å²) in [4.78, 5) is 38.6. The number of hydrogen-bond acceptors (Lipinski definition) is 4. The van der Waals surface area contributed by atoms with Crippen LogP contribution in [0.5, 0.6) is 0 Å². The highest BCUT2D eigenvalue weighted by Gasteiger charge is 2.37. The van der Waals surface area contributed by atoms with Crippen LogP contribution in [0.2, 0.25) is 0 Å². The maximum absolute atomic E-state index is 12.9. The van der Waals surface area contributed by atoms with Crippen molar-refractivity contribution in [3.8, 4) is 0 Å². The topological polar surface area (TPSA) is 98.7 Å². The van der Waals surface area contributed by atoms with Crippen LogP contribution in [-0.4, -0.2) is 59.0 Å². The number of carbonyl (C=O) groups excluding carboxylic acids is 2. The normalized spacial score (nSPS) is 18.8. The van der Waals surface area contributed by atoms with Crippen LogP contribution < -0.4 is 10.6 Å². The van der Waals surface area contributed by atoms with Crippen LogP contribution in [-0.2, 0) is 14.4 Å². The monoisotopic (exact) mass is 425 g/mol. The third-order valence-corrected chi connectivity index (χ3v) is 4.95. The van der Waals surface area contributed by atoms with Crippen LogP contribution in [0.15, 0.2) is 11.6 Å². The van der Waals surface area contributed by atoms with Gasteiger partial charge in [-0.25, -0.2) is 4.79 Å². The third-order valence-electron chi connectivity index (χ3n) is 4.95. The molecule has 0 radical (unpaired) electrons. The first-order chi connectivity index (χ1) is 13.9. The third kappa shape index (κ3) is 9.74. The molecule has 1 heterocycles. The number of nitrogens with zero attached hydrogens (tertiary/aromatic N) is 1. The van der Waals surface area contributed by atoms with E-state index in [1.54, 1.807) is 0 Å². The summed E-state index contributed by atoms with van der Waals surface area (Å²) in [7, 11) is 0. The van der Waals surface area contributed by atoms with E-state index in [-0.39, 0.29) is 36.0 Å². The van der Waals surface area contributed by atoms with Crippen molar-refractivity contribution in [2.75, 3.05) is 13.1 Å². The summed E-state index contributed by atoms with van der Waals surface area (Å²) < 4.78 is 0. The summed E-state index contributed by atoms with van der Waals surface area (Å²) in [6, 6.07) is -0.642. The molecule has 0 aromatic heterocycles. The molecule has 174 valence electrons. The van der Waals surface area contributed by atoms with Gasteiger partial charge >= 0.3 is 5.97 Å². The minimum atomic E-state index is -1.02. The lowest BCUT2D eigenvalue weighted by Crippen LogP contribution is -2.59. The Morgan fingerprint density at radius 1 is 1.17 bits per heavy atom. The van der Waals surface area contributed by atoms with Crippen LogP contribution in [0.4, 0.5) is 0 Å². The van der Waals surface area contributed by atoms with Crippen molar-refractivity contribution in [3.05, 3.63) is 11.6 Å². The molecule has 1 aliphatic heterocycles. The summed E-state index contributed by atoms with van der Waals surface area (Å²) in [5, 5.41) is 14.5. The molecule has 3 N–H and O–H groups in total. The lowest BCUT2D eigenvalue weighted by Gasteiger charge is -2.39. The van der Waals surface area contributed by atoms with E-state index in [0.29, 0.717) is 0 Å². The number of rotatable bonds is 7. The number of hydrogen-bond donors (Lipinski definition) is 3. The van der Waals surface area contributed by atoms with E-state index in [2.05, 4.69) is 43.2 Å². The number of piperidine rings is 1. The number of amides is 2. The van der Waals surface area contributed by atoms with Crippen LogP contribution in [0.1, 0.15) is 81.1 Å². The Balaban J connectivity index is 0.00000263. The molecule has 0 spiro atoms. The van der Waals surface area contributed by atoms with Gasteiger partial charge in [-0.2, -0.15) is 0 Å². The van der Waals surface area contributed by atoms with Crippen LogP contribution >= 0.6 is 0 Å². The second-order valence-corrected chi connectivity index (χ2v) is 9.30. The minimum Gasteiger partial charge on any atom is -0.478 e. The molecule has 7 nitrogen and oxygen atoms in total. The molecule has 1 saturated heterocycles. The molecule has 2 amide bonds. The highest BCUT2D eigenvalue weighted by molar-refractivity contribution is 5.90. The Labute approximate surface area is 182 Å². The Hall–Kier alpha value is -1.89. The average Bonchev–Trinajstić information content (AvgIpc) is 2.65. The number of likely N-dealkylation sites (tertiary alicyclic amines) is 1. The smallest absolute Gasteiger partial charge is 0.331 e. The van der Waals surface area contributed by atoms with Gasteiger partial charge in [0.1, 0.15) is 6.04 Å². The molecule has 0 aromatic rings. The van der Waals surface area contributed by atoms with E-state index in [1.165, 1.54) is 19.4 Å². The van der Waals surface area contributed by atoms with Crippen molar-refractivity contribution in [2.24, 2.45) is 5.41 Å². The summed E-state index contributed by atoms with van der Waals surface area (Å²) in [5.74, 6) is -1.44. The predicted octanol–water partition coefficient (Wildman–Crippen LogP) is 3.34. The van der Waals surface area contributed by atoms with Gasteiger partial charge in [0.25, 0.3) is 0 Å². The Bertz CT molecular complexity index is 594. The zero-order chi connectivity index (χ0) is 23.5. The first-order valence-corrected chi connectivity index (χ1v) is 11.1. The van der Waals surface area contributed by atoms with E-state index in [1.807, 2.05) is 20.8 Å². The van der Waals surface area contributed by atoms with Gasteiger partial charge < -0.3 is 15.7 Å². The van der Waals surface area contributed by atoms with Gasteiger partial charge in [-0.1, -0.05) is 53.5 Å². The molecule has 1 aliphatic rings.